The maximum absolute atomic E-state index is 6.26. The van der Waals surface area contributed by atoms with Gasteiger partial charge in [0, 0.05) is 10.8 Å². The molecule has 1 aromatic heterocycles. The summed E-state index contributed by atoms with van der Waals surface area (Å²) in [6, 6.07) is 46.1. The largest absolute Gasteiger partial charge is 0.456 e. The molecule has 0 spiro atoms. The molecule has 1 heteroatoms. The number of hydrogen-bond donors (Lipinski definition) is 0. The molecule has 1 heterocycles. The van der Waals surface area contributed by atoms with Gasteiger partial charge in [0.1, 0.15) is 11.2 Å². The average Bonchev–Trinajstić information content (AvgIpc) is 3.35. The molecule has 8 rings (SSSR count). The maximum atomic E-state index is 6.26. The van der Waals surface area contributed by atoms with E-state index in [0.29, 0.717) is 0 Å². The number of fused-ring (bicyclic) bond motifs is 6. The normalized spacial score (nSPS) is 11.8. The number of aryl methyl sites for hydroxylation is 1. The lowest BCUT2D eigenvalue weighted by Gasteiger charge is -2.18. The van der Waals surface area contributed by atoms with Crippen LogP contribution >= 0.6 is 0 Å². The lowest BCUT2D eigenvalue weighted by Crippen LogP contribution is -1.91. The summed E-state index contributed by atoms with van der Waals surface area (Å²) >= 11 is 0. The predicted molar refractivity (Wildman–Crippen MR) is 162 cm³/mol. The van der Waals surface area contributed by atoms with Crippen LogP contribution in [0.1, 0.15) is 5.56 Å². The van der Waals surface area contributed by atoms with Crippen LogP contribution in [0.25, 0.3) is 76.5 Å². The summed E-state index contributed by atoms with van der Waals surface area (Å²) in [7, 11) is 0. The monoisotopic (exact) mass is 484 g/mol. The Labute approximate surface area is 220 Å². The van der Waals surface area contributed by atoms with Gasteiger partial charge in [-0.25, -0.2) is 0 Å². The van der Waals surface area contributed by atoms with Crippen LogP contribution in [0.2, 0.25) is 0 Å². The molecule has 8 aromatic rings. The first-order valence-corrected chi connectivity index (χ1v) is 13.1. The Balaban J connectivity index is 1.50. The van der Waals surface area contributed by atoms with E-state index in [4.69, 9.17) is 4.42 Å². The molecular formula is C37H24O. The lowest BCUT2D eigenvalue weighted by atomic mass is 9.85. The number of hydrogen-bond acceptors (Lipinski definition) is 1. The molecule has 0 amide bonds. The molecule has 0 fully saturated rings. The van der Waals surface area contributed by atoms with Crippen LogP contribution in [0.3, 0.4) is 0 Å². The van der Waals surface area contributed by atoms with Crippen LogP contribution in [-0.4, -0.2) is 0 Å². The van der Waals surface area contributed by atoms with Gasteiger partial charge in [-0.05, 0) is 91.3 Å². The summed E-state index contributed by atoms with van der Waals surface area (Å²) < 4.78 is 6.26. The van der Waals surface area contributed by atoms with Crippen molar-refractivity contribution in [3.8, 4) is 22.3 Å². The summed E-state index contributed by atoms with van der Waals surface area (Å²) in [5, 5.41) is 9.92. The van der Waals surface area contributed by atoms with E-state index in [1.165, 1.54) is 60.0 Å². The van der Waals surface area contributed by atoms with Crippen molar-refractivity contribution in [1.29, 1.82) is 0 Å². The zero-order chi connectivity index (χ0) is 25.2. The fraction of sp³-hybridized carbons (Fsp3) is 0.0270. The van der Waals surface area contributed by atoms with Crippen LogP contribution in [0.5, 0.6) is 0 Å². The number of furan rings is 1. The maximum Gasteiger partial charge on any atom is 0.138 e. The van der Waals surface area contributed by atoms with Gasteiger partial charge in [-0.2, -0.15) is 0 Å². The van der Waals surface area contributed by atoms with Gasteiger partial charge >= 0.3 is 0 Å². The Kier molecular flexibility index (Phi) is 4.50. The quantitative estimate of drug-likeness (QED) is 0.222. The Hall–Kier alpha value is -4.88. The van der Waals surface area contributed by atoms with Crippen molar-refractivity contribution in [3.05, 3.63) is 133 Å². The summed E-state index contributed by atoms with van der Waals surface area (Å²) in [6.45, 7) is 2.15. The highest BCUT2D eigenvalue weighted by Crippen LogP contribution is 2.45. The highest BCUT2D eigenvalue weighted by molar-refractivity contribution is 6.22. The first-order valence-electron chi connectivity index (χ1n) is 13.1. The van der Waals surface area contributed by atoms with Crippen molar-refractivity contribution >= 4 is 54.3 Å². The lowest BCUT2D eigenvalue weighted by molar-refractivity contribution is 0.666. The zero-order valence-corrected chi connectivity index (χ0v) is 21.0. The van der Waals surface area contributed by atoms with Crippen LogP contribution < -0.4 is 0 Å². The molecule has 7 aromatic carbocycles. The fourth-order valence-electron chi connectivity index (χ4n) is 6.24. The van der Waals surface area contributed by atoms with Gasteiger partial charge in [-0.15, -0.1) is 0 Å². The van der Waals surface area contributed by atoms with Gasteiger partial charge in [0.2, 0.25) is 0 Å². The second-order valence-electron chi connectivity index (χ2n) is 10.2. The molecule has 0 aliphatic carbocycles. The van der Waals surface area contributed by atoms with Crippen molar-refractivity contribution in [3.63, 3.8) is 0 Å². The molecule has 0 unspecified atom stereocenters. The third-order valence-corrected chi connectivity index (χ3v) is 7.92. The van der Waals surface area contributed by atoms with E-state index in [9.17, 15) is 0 Å². The topological polar surface area (TPSA) is 13.1 Å². The Morgan fingerprint density at radius 3 is 1.66 bits per heavy atom. The fourth-order valence-corrected chi connectivity index (χ4v) is 6.24. The van der Waals surface area contributed by atoms with Crippen LogP contribution in [-0.2, 0) is 0 Å². The third-order valence-electron chi connectivity index (χ3n) is 7.92. The highest BCUT2D eigenvalue weighted by atomic mass is 16.3. The molecule has 0 aliphatic heterocycles. The SMILES string of the molecule is Cc1cc(-c2c3ccccc3c(-c3ccc4ccccc4c3)c3ccccc23)cc2c1oc1ccccc12. The molecule has 0 aliphatic rings. The molecule has 0 saturated carbocycles. The highest BCUT2D eigenvalue weighted by Gasteiger charge is 2.18. The minimum atomic E-state index is 0.934. The Morgan fingerprint density at radius 1 is 0.421 bits per heavy atom. The van der Waals surface area contributed by atoms with Crippen molar-refractivity contribution in [2.75, 3.05) is 0 Å². The first-order chi connectivity index (χ1) is 18.8. The smallest absolute Gasteiger partial charge is 0.138 e. The molecule has 38 heavy (non-hydrogen) atoms. The number of rotatable bonds is 2. The van der Waals surface area contributed by atoms with E-state index in [1.54, 1.807) is 0 Å². The van der Waals surface area contributed by atoms with Gasteiger partial charge in [0.05, 0.1) is 0 Å². The second-order valence-corrected chi connectivity index (χ2v) is 10.2. The summed E-state index contributed by atoms with van der Waals surface area (Å²) in [4.78, 5) is 0. The van der Waals surface area contributed by atoms with Crippen molar-refractivity contribution in [2.45, 2.75) is 6.92 Å². The first kappa shape index (κ1) is 21.2. The minimum absolute atomic E-state index is 0.934. The summed E-state index contributed by atoms with van der Waals surface area (Å²) in [6.07, 6.45) is 0. The Bertz CT molecular complexity index is 2140. The van der Waals surface area contributed by atoms with E-state index in [1.807, 2.05) is 6.07 Å². The summed E-state index contributed by atoms with van der Waals surface area (Å²) in [5.74, 6) is 0. The van der Waals surface area contributed by atoms with E-state index >= 15 is 0 Å². The molecule has 0 bridgehead atoms. The zero-order valence-electron chi connectivity index (χ0n) is 21.0. The van der Waals surface area contributed by atoms with E-state index in [-0.39, 0.29) is 0 Å². The van der Waals surface area contributed by atoms with Crippen LogP contribution in [0.4, 0.5) is 0 Å². The Morgan fingerprint density at radius 2 is 0.974 bits per heavy atom. The van der Waals surface area contributed by atoms with E-state index in [0.717, 1.165) is 22.1 Å². The van der Waals surface area contributed by atoms with Crippen molar-refractivity contribution < 1.29 is 4.42 Å². The van der Waals surface area contributed by atoms with Gasteiger partial charge in [0.15, 0.2) is 0 Å². The molecule has 0 N–H and O–H groups in total. The molecule has 0 atom stereocenters. The average molecular weight is 485 g/mol. The third kappa shape index (κ3) is 3.06. The van der Waals surface area contributed by atoms with Gasteiger partial charge < -0.3 is 4.42 Å². The molecular weight excluding hydrogens is 460 g/mol. The second kappa shape index (κ2) is 8.06. The number of para-hydroxylation sites is 1. The summed E-state index contributed by atoms with van der Waals surface area (Å²) in [5.41, 5.74) is 8.09. The van der Waals surface area contributed by atoms with Crippen molar-refractivity contribution in [1.82, 2.24) is 0 Å². The van der Waals surface area contributed by atoms with Crippen molar-refractivity contribution in [2.24, 2.45) is 0 Å². The standard InChI is InChI=1S/C37H24O/c1-23-20-27(22-33-28-12-8-9-17-34(28)38-37(23)33)36-31-15-6-4-13-29(31)35(30-14-5-7-16-32(30)36)26-19-18-24-10-2-3-11-25(24)21-26/h2-22H,1H3. The number of benzene rings is 7. The molecule has 0 radical (unpaired) electrons. The molecule has 0 saturated heterocycles. The van der Waals surface area contributed by atoms with Crippen LogP contribution in [0.15, 0.2) is 132 Å². The van der Waals surface area contributed by atoms with Gasteiger partial charge in [-0.1, -0.05) is 103 Å². The van der Waals surface area contributed by atoms with Crippen LogP contribution in [0, 0.1) is 6.92 Å². The van der Waals surface area contributed by atoms with Gasteiger partial charge in [-0.3, -0.25) is 0 Å². The predicted octanol–water partition coefficient (Wildman–Crippen LogP) is 10.7. The van der Waals surface area contributed by atoms with E-state index < -0.39 is 0 Å². The van der Waals surface area contributed by atoms with Gasteiger partial charge in [0.25, 0.3) is 0 Å². The molecule has 1 nitrogen and oxygen atoms in total. The van der Waals surface area contributed by atoms with E-state index in [2.05, 4.69) is 128 Å². The molecule has 178 valence electrons. The minimum Gasteiger partial charge on any atom is -0.456 e.